The smallest absolute Gasteiger partial charge is 0.236 e. The van der Waals surface area contributed by atoms with Crippen LogP contribution in [0.3, 0.4) is 0 Å². The summed E-state index contributed by atoms with van der Waals surface area (Å²) in [5.74, 6) is 1.86. The normalized spacial score (nSPS) is 10.7. The summed E-state index contributed by atoms with van der Waals surface area (Å²) in [6, 6.07) is 13.4. The molecule has 0 aliphatic carbocycles. The van der Waals surface area contributed by atoms with E-state index in [4.69, 9.17) is 9.47 Å². The number of benzene rings is 2. The van der Waals surface area contributed by atoms with Crippen LogP contribution in [-0.4, -0.2) is 45.6 Å². The van der Waals surface area contributed by atoms with E-state index in [1.807, 2.05) is 52.4 Å². The number of hydrogen-bond acceptors (Lipinski definition) is 8. The predicted molar refractivity (Wildman–Crippen MR) is 143 cm³/mol. The predicted octanol–water partition coefficient (Wildman–Crippen LogP) is 5.77. The van der Waals surface area contributed by atoms with Crippen LogP contribution >= 0.6 is 39.0 Å². The maximum Gasteiger partial charge on any atom is 0.236 e. The number of nitrogens with one attached hydrogen (secondary N) is 1. The second-order valence-electron chi connectivity index (χ2n) is 7.16. The van der Waals surface area contributed by atoms with Gasteiger partial charge in [0.25, 0.3) is 0 Å². The molecule has 0 spiro atoms. The second-order valence-corrected chi connectivity index (χ2v) is 9.87. The fourth-order valence-corrected chi connectivity index (χ4v) is 5.00. The van der Waals surface area contributed by atoms with Gasteiger partial charge < -0.3 is 14.8 Å². The van der Waals surface area contributed by atoms with Crippen LogP contribution in [0.25, 0.3) is 22.6 Å². The van der Waals surface area contributed by atoms with Crippen LogP contribution in [0.5, 0.6) is 11.5 Å². The zero-order chi connectivity index (χ0) is 24.8. The summed E-state index contributed by atoms with van der Waals surface area (Å²) in [6.45, 7) is 4.33. The Kier molecular flexibility index (Phi) is 8.21. The van der Waals surface area contributed by atoms with Gasteiger partial charge in [-0.25, -0.2) is 4.98 Å². The molecule has 0 fully saturated rings. The van der Waals surface area contributed by atoms with Gasteiger partial charge in [0.15, 0.2) is 27.6 Å². The fraction of sp³-hybridized carbons (Fsp3) is 0.167. The van der Waals surface area contributed by atoms with Gasteiger partial charge >= 0.3 is 0 Å². The van der Waals surface area contributed by atoms with Crippen LogP contribution in [0.2, 0.25) is 0 Å². The largest absolute Gasteiger partial charge is 0.493 e. The monoisotopic (exact) mass is 571 g/mol. The van der Waals surface area contributed by atoms with Gasteiger partial charge in [-0.2, -0.15) is 0 Å². The van der Waals surface area contributed by atoms with E-state index in [9.17, 15) is 4.79 Å². The minimum Gasteiger partial charge on any atom is -0.493 e. The van der Waals surface area contributed by atoms with E-state index < -0.39 is 0 Å². The third-order valence-corrected chi connectivity index (χ3v) is 7.15. The molecule has 2 heterocycles. The molecule has 0 bridgehead atoms. The molecule has 2 aromatic heterocycles. The number of allylic oxidation sites excluding steroid dienone is 1. The van der Waals surface area contributed by atoms with Crippen molar-refractivity contribution in [2.75, 3.05) is 25.3 Å². The van der Waals surface area contributed by atoms with Crippen molar-refractivity contribution in [3.63, 3.8) is 0 Å². The van der Waals surface area contributed by atoms with Gasteiger partial charge in [-0.15, -0.1) is 28.1 Å². The molecule has 8 nitrogen and oxygen atoms in total. The summed E-state index contributed by atoms with van der Waals surface area (Å²) in [4.78, 5) is 17.1. The van der Waals surface area contributed by atoms with E-state index in [1.165, 1.54) is 23.1 Å². The van der Waals surface area contributed by atoms with E-state index in [-0.39, 0.29) is 11.7 Å². The summed E-state index contributed by atoms with van der Waals surface area (Å²) in [7, 11) is 3.17. The minimum absolute atomic E-state index is 0.161. The molecule has 0 saturated heterocycles. The molecule has 4 aromatic rings. The highest BCUT2D eigenvalue weighted by Gasteiger charge is 2.17. The first kappa shape index (κ1) is 25.0. The summed E-state index contributed by atoms with van der Waals surface area (Å²) in [5, 5.41) is 14.6. The number of halogens is 1. The van der Waals surface area contributed by atoms with Crippen LogP contribution in [0.1, 0.15) is 0 Å². The average molecular weight is 573 g/mol. The number of methoxy groups -OCH3 is 2. The summed E-state index contributed by atoms with van der Waals surface area (Å²) in [5.41, 5.74) is 2.62. The summed E-state index contributed by atoms with van der Waals surface area (Å²) < 4.78 is 13.6. The number of thioether (sulfide) groups is 1. The minimum atomic E-state index is -0.174. The van der Waals surface area contributed by atoms with Crippen molar-refractivity contribution in [1.82, 2.24) is 19.7 Å². The number of nitrogens with zero attached hydrogens (tertiary/aromatic N) is 4. The molecule has 35 heavy (non-hydrogen) atoms. The van der Waals surface area contributed by atoms with Crippen LogP contribution in [0, 0.1) is 0 Å². The lowest BCUT2D eigenvalue weighted by Gasteiger charge is -2.11. The number of amides is 1. The van der Waals surface area contributed by atoms with Crippen molar-refractivity contribution in [2.45, 2.75) is 11.7 Å². The first-order valence-corrected chi connectivity index (χ1v) is 13.1. The highest BCUT2D eigenvalue weighted by molar-refractivity contribution is 9.10. The molecule has 2 aromatic carbocycles. The van der Waals surface area contributed by atoms with Crippen molar-refractivity contribution in [1.29, 1.82) is 0 Å². The number of rotatable bonds is 10. The number of anilines is 1. The first-order chi connectivity index (χ1) is 17.0. The highest BCUT2D eigenvalue weighted by atomic mass is 79.9. The lowest BCUT2D eigenvalue weighted by Crippen LogP contribution is -2.14. The van der Waals surface area contributed by atoms with Crippen molar-refractivity contribution in [2.24, 2.45) is 0 Å². The lowest BCUT2D eigenvalue weighted by atomic mass is 10.2. The standard InChI is InChI=1S/C24H22BrN5O3S2/c1-4-11-30-22(16-7-10-19(32-2)20(12-16)33-3)28-29-24(30)35-14-21(31)27-23-26-18(13-34-23)15-5-8-17(25)9-6-15/h4-10,12-13H,1,11,14H2,2-3H3,(H,26,27,31). The number of hydrogen-bond donors (Lipinski definition) is 1. The maximum absolute atomic E-state index is 12.6. The molecule has 0 saturated carbocycles. The van der Waals surface area contributed by atoms with E-state index in [2.05, 4.69) is 43.0 Å². The van der Waals surface area contributed by atoms with Crippen LogP contribution in [0.4, 0.5) is 5.13 Å². The SMILES string of the molecule is C=CCn1c(SCC(=O)Nc2nc(-c3ccc(Br)cc3)cs2)nnc1-c1ccc(OC)c(OC)c1. The number of aromatic nitrogens is 4. The Labute approximate surface area is 219 Å². The molecular weight excluding hydrogens is 550 g/mol. The van der Waals surface area contributed by atoms with Gasteiger partial charge in [-0.05, 0) is 30.3 Å². The van der Waals surface area contributed by atoms with Crippen molar-refractivity contribution in [3.05, 3.63) is 65.0 Å². The van der Waals surface area contributed by atoms with Crippen LogP contribution in [0.15, 0.2) is 70.1 Å². The zero-order valence-electron chi connectivity index (χ0n) is 19.0. The van der Waals surface area contributed by atoms with E-state index in [1.54, 1.807) is 20.3 Å². The van der Waals surface area contributed by atoms with Gasteiger partial charge in [0.05, 0.1) is 25.7 Å². The number of ether oxygens (including phenoxy) is 2. The van der Waals surface area contributed by atoms with Crippen LogP contribution in [-0.2, 0) is 11.3 Å². The van der Waals surface area contributed by atoms with Gasteiger partial charge in [0, 0.05) is 27.5 Å². The Morgan fingerprint density at radius 3 is 2.60 bits per heavy atom. The molecule has 0 radical (unpaired) electrons. The van der Waals surface area contributed by atoms with E-state index >= 15 is 0 Å². The molecule has 0 atom stereocenters. The molecule has 0 aliphatic heterocycles. The number of carbonyl (C=O) groups excluding carboxylic acids is 1. The topological polar surface area (TPSA) is 91.2 Å². The third-order valence-electron chi connectivity index (χ3n) is 4.89. The molecular formula is C24H22BrN5O3S2. The summed E-state index contributed by atoms with van der Waals surface area (Å²) >= 11 is 6.11. The highest BCUT2D eigenvalue weighted by Crippen LogP contribution is 2.33. The molecule has 0 unspecified atom stereocenters. The quantitative estimate of drug-likeness (QED) is 0.191. The molecule has 180 valence electrons. The van der Waals surface area contributed by atoms with Crippen molar-refractivity contribution in [3.8, 4) is 34.1 Å². The number of carbonyl (C=O) groups is 1. The van der Waals surface area contributed by atoms with Gasteiger partial charge in [-0.3, -0.25) is 9.36 Å². The Morgan fingerprint density at radius 1 is 1.14 bits per heavy atom. The maximum atomic E-state index is 12.6. The third kappa shape index (κ3) is 5.92. The first-order valence-electron chi connectivity index (χ1n) is 10.4. The van der Waals surface area contributed by atoms with Gasteiger partial charge in [-0.1, -0.05) is 45.9 Å². The second kappa shape index (κ2) is 11.5. The van der Waals surface area contributed by atoms with E-state index in [0.717, 1.165) is 21.3 Å². The lowest BCUT2D eigenvalue weighted by molar-refractivity contribution is -0.113. The Bertz CT molecular complexity index is 1340. The summed E-state index contributed by atoms with van der Waals surface area (Å²) in [6.07, 6.45) is 1.76. The molecule has 1 amide bonds. The number of thiazole rings is 1. The molecule has 1 N–H and O–H groups in total. The molecule has 4 rings (SSSR count). The van der Waals surface area contributed by atoms with Crippen molar-refractivity contribution >= 4 is 50.1 Å². The fourth-order valence-electron chi connectivity index (χ4n) is 3.25. The van der Waals surface area contributed by atoms with Crippen molar-refractivity contribution < 1.29 is 14.3 Å². The Balaban J connectivity index is 1.44. The molecule has 11 heteroatoms. The average Bonchev–Trinajstić information content (AvgIpc) is 3.50. The zero-order valence-corrected chi connectivity index (χ0v) is 22.2. The van der Waals surface area contributed by atoms with Gasteiger partial charge in [0.2, 0.25) is 5.91 Å². The molecule has 0 aliphatic rings. The van der Waals surface area contributed by atoms with Crippen LogP contribution < -0.4 is 14.8 Å². The Morgan fingerprint density at radius 2 is 1.89 bits per heavy atom. The Hall–Kier alpha value is -3.15. The van der Waals surface area contributed by atoms with Gasteiger partial charge in [0.1, 0.15) is 0 Å². The van der Waals surface area contributed by atoms with E-state index in [0.29, 0.717) is 34.2 Å².